The van der Waals surface area contributed by atoms with Gasteiger partial charge in [-0.05, 0) is 40.5 Å². The van der Waals surface area contributed by atoms with E-state index in [2.05, 4.69) is 20.3 Å². The Kier molecular flexibility index (Phi) is 7.54. The van der Waals surface area contributed by atoms with Gasteiger partial charge in [-0.3, -0.25) is 14.4 Å². The highest BCUT2D eigenvalue weighted by atomic mass is 35.5. The smallest absolute Gasteiger partial charge is 0.344 e. The topological polar surface area (TPSA) is 99.1 Å². The number of halogens is 1. The van der Waals surface area contributed by atoms with Crippen LogP contribution in [0.3, 0.4) is 0 Å². The normalized spacial score (nSPS) is 12.5. The van der Waals surface area contributed by atoms with Gasteiger partial charge in [-0.1, -0.05) is 0 Å². The molecule has 0 heterocycles. The number of rotatable bonds is 6. The molecule has 0 N–H and O–H groups in total. The molecule has 134 valence electrons. The fourth-order valence-corrected chi connectivity index (χ4v) is 2.02. The fourth-order valence-electron chi connectivity index (χ4n) is 1.82. The molecule has 0 spiro atoms. The van der Waals surface area contributed by atoms with Crippen molar-refractivity contribution in [1.82, 2.24) is 0 Å². The van der Waals surface area contributed by atoms with E-state index in [4.69, 9.17) is 11.6 Å². The predicted molar refractivity (Wildman–Crippen MR) is 88.2 cm³/mol. The molecular formula is C16H22ClNO6. The number of esters is 2. The number of Topliss-reactive ketones (excluding diaryl/α,β-unsaturated/α-hetero) is 2. The molecule has 0 radical (unpaired) electrons. The van der Waals surface area contributed by atoms with E-state index in [0.717, 1.165) is 28.1 Å². The second-order valence-electron chi connectivity index (χ2n) is 6.08. The summed E-state index contributed by atoms with van der Waals surface area (Å²) >= 11 is 6.18. The zero-order valence-corrected chi connectivity index (χ0v) is 15.6. The highest BCUT2D eigenvalue weighted by Gasteiger charge is 2.54. The van der Waals surface area contributed by atoms with Crippen molar-refractivity contribution >= 4 is 41.0 Å². The van der Waals surface area contributed by atoms with Gasteiger partial charge in [-0.25, -0.2) is 9.79 Å². The number of methoxy groups -OCH3 is 2. The zero-order chi connectivity index (χ0) is 19.3. The van der Waals surface area contributed by atoms with Gasteiger partial charge in [0.25, 0.3) is 0 Å². The van der Waals surface area contributed by atoms with Gasteiger partial charge in [0, 0.05) is 0 Å². The van der Waals surface area contributed by atoms with Crippen molar-refractivity contribution in [2.75, 3.05) is 14.2 Å². The second kappa shape index (κ2) is 8.22. The molecule has 0 saturated carbocycles. The Balaban J connectivity index is 6.74. The molecule has 0 aliphatic rings. The van der Waals surface area contributed by atoms with Crippen LogP contribution in [0.4, 0.5) is 0 Å². The summed E-state index contributed by atoms with van der Waals surface area (Å²) in [7, 11) is 2.12. The minimum Gasteiger partial charge on any atom is -0.468 e. The number of carbonyl (C=O) groups is 4. The molecule has 0 rings (SSSR count). The number of aliphatic imine (C=N–C) groups is 1. The number of alkyl halides is 1. The molecule has 7 nitrogen and oxygen atoms in total. The second-order valence-corrected chi connectivity index (χ2v) is 6.68. The van der Waals surface area contributed by atoms with E-state index in [0.29, 0.717) is 0 Å². The van der Waals surface area contributed by atoms with Gasteiger partial charge in [-0.15, -0.1) is 11.6 Å². The highest BCUT2D eigenvalue weighted by molar-refractivity contribution is 6.48. The van der Waals surface area contributed by atoms with Crippen LogP contribution in [0, 0.1) is 5.92 Å². The minimum absolute atomic E-state index is 0.459. The maximum atomic E-state index is 12.2. The molecule has 1 unspecified atom stereocenters. The van der Waals surface area contributed by atoms with E-state index >= 15 is 0 Å². The number of hydrogen-bond acceptors (Lipinski definition) is 7. The standard InChI is InChI=1S/C16H22ClNO6/c1-9(19)16(17,10(2)20)12(14(22)24-7)11(13(21)23-6)8-18-15(3,4)5/h12H,1-7H3. The first kappa shape index (κ1) is 22.0. The molecule has 0 bridgehead atoms. The quantitative estimate of drug-likeness (QED) is 0.234. The molecule has 0 aromatic carbocycles. The van der Waals surface area contributed by atoms with E-state index in [1.807, 2.05) is 0 Å². The van der Waals surface area contributed by atoms with Gasteiger partial charge in [0.15, 0.2) is 16.4 Å². The van der Waals surface area contributed by atoms with Crippen molar-refractivity contribution in [1.29, 1.82) is 0 Å². The summed E-state index contributed by atoms with van der Waals surface area (Å²) in [5, 5.41) is 0. The third-order valence-electron chi connectivity index (χ3n) is 3.07. The number of ether oxygens (including phenoxy) is 2. The Morgan fingerprint density at radius 2 is 1.46 bits per heavy atom. The van der Waals surface area contributed by atoms with Crippen LogP contribution in [-0.4, -0.2) is 54.0 Å². The summed E-state index contributed by atoms with van der Waals surface area (Å²) in [5.74, 6) is -2.99. The Labute approximate surface area is 146 Å². The SMILES string of the molecule is COC(=O)C(=C=NC(C)(C)C)C(C(=O)OC)C(Cl)(C(C)=O)C(C)=O. The largest absolute Gasteiger partial charge is 0.468 e. The third kappa shape index (κ3) is 5.01. The molecule has 0 fully saturated rings. The summed E-state index contributed by atoms with van der Waals surface area (Å²) in [4.78, 5) is 50.0. The molecule has 0 aromatic heterocycles. The van der Waals surface area contributed by atoms with Crippen LogP contribution in [0.5, 0.6) is 0 Å². The van der Waals surface area contributed by atoms with Crippen molar-refractivity contribution in [3.05, 3.63) is 5.57 Å². The maximum Gasteiger partial charge on any atom is 0.344 e. The molecule has 8 heteroatoms. The Morgan fingerprint density at radius 3 is 1.75 bits per heavy atom. The lowest BCUT2D eigenvalue weighted by Crippen LogP contribution is -2.51. The summed E-state index contributed by atoms with van der Waals surface area (Å²) in [6, 6.07) is 0. The monoisotopic (exact) mass is 359 g/mol. The molecular weight excluding hydrogens is 338 g/mol. The first-order chi connectivity index (χ1) is 10.8. The predicted octanol–water partition coefficient (Wildman–Crippen LogP) is 1.50. The van der Waals surface area contributed by atoms with Gasteiger partial charge in [0.05, 0.1) is 19.8 Å². The van der Waals surface area contributed by atoms with E-state index in [-0.39, 0.29) is 0 Å². The van der Waals surface area contributed by atoms with Crippen LogP contribution in [0.15, 0.2) is 10.6 Å². The van der Waals surface area contributed by atoms with Crippen LogP contribution in [0.1, 0.15) is 34.6 Å². The lowest BCUT2D eigenvalue weighted by atomic mass is 9.80. The van der Waals surface area contributed by atoms with Crippen molar-refractivity contribution < 1.29 is 28.7 Å². The van der Waals surface area contributed by atoms with E-state index in [1.165, 1.54) is 0 Å². The van der Waals surface area contributed by atoms with Gasteiger partial charge < -0.3 is 9.47 Å². The fraction of sp³-hybridized carbons (Fsp3) is 0.625. The van der Waals surface area contributed by atoms with Crippen LogP contribution < -0.4 is 0 Å². The van der Waals surface area contributed by atoms with Gasteiger partial charge in [-0.2, -0.15) is 0 Å². The van der Waals surface area contributed by atoms with E-state index in [1.54, 1.807) is 20.8 Å². The molecule has 0 aliphatic heterocycles. The van der Waals surface area contributed by atoms with E-state index < -0.39 is 45.4 Å². The summed E-state index contributed by atoms with van der Waals surface area (Å²) in [5.41, 5.74) is -1.10. The van der Waals surface area contributed by atoms with Crippen molar-refractivity contribution in [2.45, 2.75) is 45.0 Å². The average molecular weight is 360 g/mol. The number of nitrogens with zero attached hydrogens (tertiary/aromatic N) is 1. The number of hydrogen-bond donors (Lipinski definition) is 0. The van der Waals surface area contributed by atoms with Crippen molar-refractivity contribution in [2.24, 2.45) is 10.9 Å². The minimum atomic E-state index is -2.32. The Morgan fingerprint density at radius 1 is 1.00 bits per heavy atom. The van der Waals surface area contributed by atoms with Crippen molar-refractivity contribution in [3.8, 4) is 0 Å². The molecule has 0 aromatic rings. The Hall–Kier alpha value is -1.98. The molecule has 24 heavy (non-hydrogen) atoms. The highest BCUT2D eigenvalue weighted by Crippen LogP contribution is 2.34. The lowest BCUT2D eigenvalue weighted by molar-refractivity contribution is -0.151. The van der Waals surface area contributed by atoms with Gasteiger partial charge >= 0.3 is 11.9 Å². The van der Waals surface area contributed by atoms with Crippen LogP contribution >= 0.6 is 11.6 Å². The van der Waals surface area contributed by atoms with Gasteiger partial charge in [0.2, 0.25) is 0 Å². The first-order valence-electron chi connectivity index (χ1n) is 7.04. The Bertz CT molecular complexity index is 597. The lowest BCUT2D eigenvalue weighted by Gasteiger charge is -2.28. The summed E-state index contributed by atoms with van der Waals surface area (Å²) in [6.07, 6.45) is 0. The molecule has 0 saturated heterocycles. The number of ketones is 2. The first-order valence-corrected chi connectivity index (χ1v) is 7.42. The number of carbonyl (C=O) groups excluding carboxylic acids is 4. The van der Waals surface area contributed by atoms with E-state index in [9.17, 15) is 19.2 Å². The molecule has 0 amide bonds. The van der Waals surface area contributed by atoms with Gasteiger partial charge in [0.1, 0.15) is 11.5 Å². The van der Waals surface area contributed by atoms with Crippen LogP contribution in [-0.2, 0) is 28.7 Å². The van der Waals surface area contributed by atoms with Crippen LogP contribution in [0.2, 0.25) is 0 Å². The van der Waals surface area contributed by atoms with Crippen molar-refractivity contribution in [3.63, 3.8) is 0 Å². The molecule has 0 aliphatic carbocycles. The maximum absolute atomic E-state index is 12.2. The third-order valence-corrected chi connectivity index (χ3v) is 3.82. The van der Waals surface area contributed by atoms with Crippen LogP contribution in [0.25, 0.3) is 0 Å². The summed E-state index contributed by atoms with van der Waals surface area (Å²) < 4.78 is 9.25. The summed E-state index contributed by atoms with van der Waals surface area (Å²) in [6.45, 7) is 7.27. The average Bonchev–Trinajstić information content (AvgIpc) is 2.47. The zero-order valence-electron chi connectivity index (χ0n) is 14.9. The molecule has 1 atom stereocenters.